The van der Waals surface area contributed by atoms with Crippen LogP contribution < -0.4 is 16.4 Å². The Morgan fingerprint density at radius 2 is 1.80 bits per heavy atom. The summed E-state index contributed by atoms with van der Waals surface area (Å²) in [5.41, 5.74) is 9.91. The zero-order valence-corrected chi connectivity index (χ0v) is 17.1. The van der Waals surface area contributed by atoms with Crippen molar-refractivity contribution in [1.82, 2.24) is 20.6 Å². The Kier molecular flexibility index (Phi) is 6.75. The van der Waals surface area contributed by atoms with Gasteiger partial charge in [-0.3, -0.25) is 9.59 Å². The predicted molar refractivity (Wildman–Crippen MR) is 117 cm³/mol. The maximum absolute atomic E-state index is 12.4. The summed E-state index contributed by atoms with van der Waals surface area (Å²) in [5.74, 6) is -0.445. The molecule has 3 rings (SSSR count). The van der Waals surface area contributed by atoms with Crippen molar-refractivity contribution in [3.63, 3.8) is 0 Å². The number of aryl methyl sites for hydroxylation is 1. The molecule has 0 saturated heterocycles. The van der Waals surface area contributed by atoms with Gasteiger partial charge in [0, 0.05) is 24.7 Å². The van der Waals surface area contributed by atoms with Crippen molar-refractivity contribution in [3.05, 3.63) is 77.1 Å². The van der Waals surface area contributed by atoms with Crippen LogP contribution in [0.5, 0.6) is 0 Å². The Balaban J connectivity index is 1.71. The second-order valence-corrected chi connectivity index (χ2v) is 6.90. The molecular weight excluding hydrogens is 378 g/mol. The van der Waals surface area contributed by atoms with E-state index in [1.54, 1.807) is 0 Å². The van der Waals surface area contributed by atoms with Crippen LogP contribution in [0.2, 0.25) is 0 Å². The van der Waals surface area contributed by atoms with Crippen LogP contribution in [0.15, 0.2) is 54.7 Å². The number of benzene rings is 2. The molecule has 4 N–H and O–H groups in total. The van der Waals surface area contributed by atoms with Gasteiger partial charge < -0.3 is 16.4 Å². The third-order valence-corrected chi connectivity index (χ3v) is 4.67. The minimum Gasteiger partial charge on any atom is -0.382 e. The average molecular weight is 403 g/mol. The van der Waals surface area contributed by atoms with Crippen molar-refractivity contribution in [2.24, 2.45) is 0 Å². The van der Waals surface area contributed by atoms with E-state index in [0.29, 0.717) is 17.8 Å². The lowest BCUT2D eigenvalue weighted by Crippen LogP contribution is -2.22. The molecule has 0 unspecified atom stereocenters. The van der Waals surface area contributed by atoms with E-state index < -0.39 is 5.91 Å². The van der Waals surface area contributed by atoms with Gasteiger partial charge in [0.05, 0.1) is 11.9 Å². The first-order valence-electron chi connectivity index (χ1n) is 9.83. The fourth-order valence-corrected chi connectivity index (χ4v) is 3.06. The number of hydrogen-bond donors (Lipinski definition) is 3. The minimum atomic E-state index is -0.393. The van der Waals surface area contributed by atoms with Crippen molar-refractivity contribution in [2.75, 3.05) is 12.8 Å². The zero-order chi connectivity index (χ0) is 21.5. The number of carbonyl (C=O) groups excluding carboxylic acids is 2. The fraction of sp³-hybridized carbons (Fsp3) is 0.217. The van der Waals surface area contributed by atoms with E-state index in [9.17, 15) is 9.59 Å². The fourth-order valence-electron chi connectivity index (χ4n) is 3.06. The Bertz CT molecular complexity index is 1050. The quantitative estimate of drug-likeness (QED) is 0.562. The lowest BCUT2D eigenvalue weighted by molar-refractivity contribution is 0.0946. The Morgan fingerprint density at radius 1 is 1.03 bits per heavy atom. The molecule has 1 aromatic heterocycles. The topological polar surface area (TPSA) is 110 Å². The van der Waals surface area contributed by atoms with Gasteiger partial charge in [0.15, 0.2) is 11.5 Å². The van der Waals surface area contributed by atoms with Gasteiger partial charge in [-0.25, -0.2) is 9.97 Å². The summed E-state index contributed by atoms with van der Waals surface area (Å²) in [6.45, 7) is 2.50. The van der Waals surface area contributed by atoms with Crippen molar-refractivity contribution < 1.29 is 9.59 Å². The summed E-state index contributed by atoms with van der Waals surface area (Å²) < 4.78 is 0. The molecule has 0 fully saturated rings. The summed E-state index contributed by atoms with van der Waals surface area (Å²) in [6.07, 6.45) is 3.60. The number of nitrogens with zero attached hydrogens (tertiary/aromatic N) is 2. The maximum atomic E-state index is 12.4. The first kappa shape index (κ1) is 21.0. The van der Waals surface area contributed by atoms with Gasteiger partial charge in [-0.2, -0.15) is 0 Å². The number of anilines is 1. The standard InChI is InChI=1S/C23H25N5O2/c1-3-5-15-8-10-17(11-9-15)22(29)27-13-16-6-4-7-18(12-16)19-14-26-21(24)20(28-19)23(30)25-2/h4,6-12,14H,3,5,13H2,1-2H3,(H2,24,26)(H,25,30)(H,27,29). The number of nitrogens with one attached hydrogen (secondary N) is 2. The molecule has 0 aliphatic rings. The van der Waals surface area contributed by atoms with Gasteiger partial charge in [0.2, 0.25) is 0 Å². The number of carbonyl (C=O) groups is 2. The molecule has 3 aromatic rings. The SMILES string of the molecule is CCCc1ccc(C(=O)NCc2cccc(-c3cnc(N)c(C(=O)NC)n3)c2)cc1. The average Bonchev–Trinajstić information content (AvgIpc) is 2.78. The number of amides is 2. The molecule has 0 bridgehead atoms. The van der Waals surface area contributed by atoms with E-state index in [4.69, 9.17) is 5.73 Å². The normalized spacial score (nSPS) is 10.5. The van der Waals surface area contributed by atoms with E-state index >= 15 is 0 Å². The lowest BCUT2D eigenvalue weighted by Gasteiger charge is -2.09. The summed E-state index contributed by atoms with van der Waals surface area (Å²) >= 11 is 0. The maximum Gasteiger partial charge on any atom is 0.273 e. The zero-order valence-electron chi connectivity index (χ0n) is 17.1. The molecule has 0 aliphatic carbocycles. The van der Waals surface area contributed by atoms with E-state index in [1.807, 2.05) is 48.5 Å². The predicted octanol–water partition coefficient (Wildman–Crippen LogP) is 2.97. The van der Waals surface area contributed by atoms with Crippen LogP contribution in [0.4, 0.5) is 5.82 Å². The Morgan fingerprint density at radius 3 is 2.50 bits per heavy atom. The molecule has 2 amide bonds. The molecule has 7 nitrogen and oxygen atoms in total. The van der Waals surface area contributed by atoms with E-state index in [2.05, 4.69) is 27.5 Å². The van der Waals surface area contributed by atoms with Crippen LogP contribution in [0, 0.1) is 0 Å². The molecule has 0 radical (unpaired) electrons. The number of nitrogens with two attached hydrogens (primary N) is 1. The summed E-state index contributed by atoms with van der Waals surface area (Å²) in [4.78, 5) is 32.8. The minimum absolute atomic E-state index is 0.0754. The van der Waals surface area contributed by atoms with E-state index in [1.165, 1.54) is 18.8 Å². The van der Waals surface area contributed by atoms with Crippen LogP contribution in [-0.4, -0.2) is 28.8 Å². The molecule has 7 heteroatoms. The van der Waals surface area contributed by atoms with Crippen LogP contribution in [0.1, 0.15) is 45.3 Å². The molecule has 0 atom stereocenters. The first-order valence-corrected chi connectivity index (χ1v) is 9.83. The second kappa shape index (κ2) is 9.65. The summed E-state index contributed by atoms with van der Waals surface area (Å²) in [7, 11) is 1.51. The van der Waals surface area contributed by atoms with Crippen LogP contribution >= 0.6 is 0 Å². The third kappa shape index (κ3) is 5.00. The number of nitrogen functional groups attached to an aromatic ring is 1. The molecule has 30 heavy (non-hydrogen) atoms. The molecule has 1 heterocycles. The van der Waals surface area contributed by atoms with Gasteiger partial charge in [-0.15, -0.1) is 0 Å². The van der Waals surface area contributed by atoms with Crippen molar-refractivity contribution in [2.45, 2.75) is 26.3 Å². The molecule has 2 aromatic carbocycles. The lowest BCUT2D eigenvalue weighted by atomic mass is 10.1. The van der Waals surface area contributed by atoms with Gasteiger partial charge >= 0.3 is 0 Å². The number of hydrogen-bond acceptors (Lipinski definition) is 5. The monoisotopic (exact) mass is 403 g/mol. The summed E-state index contributed by atoms with van der Waals surface area (Å²) in [6, 6.07) is 15.2. The smallest absolute Gasteiger partial charge is 0.273 e. The third-order valence-electron chi connectivity index (χ3n) is 4.67. The van der Waals surface area contributed by atoms with Gasteiger partial charge in [0.25, 0.3) is 11.8 Å². The van der Waals surface area contributed by atoms with Crippen LogP contribution in [0.3, 0.4) is 0 Å². The molecule has 154 valence electrons. The molecular formula is C23H25N5O2. The van der Waals surface area contributed by atoms with Gasteiger partial charge in [0.1, 0.15) is 0 Å². The number of rotatable bonds is 7. The first-order chi connectivity index (χ1) is 14.5. The highest BCUT2D eigenvalue weighted by Gasteiger charge is 2.13. The van der Waals surface area contributed by atoms with Gasteiger partial charge in [-0.1, -0.05) is 43.7 Å². The largest absolute Gasteiger partial charge is 0.382 e. The van der Waals surface area contributed by atoms with E-state index in [0.717, 1.165) is 24.0 Å². The van der Waals surface area contributed by atoms with Crippen molar-refractivity contribution in [3.8, 4) is 11.3 Å². The van der Waals surface area contributed by atoms with Crippen LogP contribution in [-0.2, 0) is 13.0 Å². The highest BCUT2D eigenvalue weighted by molar-refractivity contribution is 5.96. The highest BCUT2D eigenvalue weighted by atomic mass is 16.2. The van der Waals surface area contributed by atoms with Crippen molar-refractivity contribution in [1.29, 1.82) is 0 Å². The highest BCUT2D eigenvalue weighted by Crippen LogP contribution is 2.20. The van der Waals surface area contributed by atoms with Crippen LogP contribution in [0.25, 0.3) is 11.3 Å². The van der Waals surface area contributed by atoms with E-state index in [-0.39, 0.29) is 17.4 Å². The molecule has 0 spiro atoms. The number of aromatic nitrogens is 2. The molecule has 0 aliphatic heterocycles. The Hall–Kier alpha value is -3.74. The van der Waals surface area contributed by atoms with Gasteiger partial charge in [-0.05, 0) is 35.7 Å². The van der Waals surface area contributed by atoms with Crippen molar-refractivity contribution >= 4 is 17.6 Å². The summed E-state index contributed by atoms with van der Waals surface area (Å²) in [5, 5.41) is 5.44. The molecule has 0 saturated carbocycles. The second-order valence-electron chi connectivity index (χ2n) is 6.90. The Labute approximate surface area is 175 Å².